The van der Waals surface area contributed by atoms with Gasteiger partial charge in [0.15, 0.2) is 5.17 Å². The minimum atomic E-state index is -0.307. The molecule has 1 N–H and O–H groups in total. The van der Waals surface area contributed by atoms with Gasteiger partial charge in [-0.2, -0.15) is 4.99 Å². The minimum Gasteiger partial charge on any atom is -0.334 e. The summed E-state index contributed by atoms with van der Waals surface area (Å²) >= 11 is 1.40. The van der Waals surface area contributed by atoms with Crippen LogP contribution in [-0.2, 0) is 4.79 Å². The van der Waals surface area contributed by atoms with Crippen LogP contribution >= 0.6 is 11.8 Å². The average molecular weight is 266 g/mol. The molecular formula is C13H15FN2OS. The highest BCUT2D eigenvalue weighted by molar-refractivity contribution is 8.15. The molecule has 0 aliphatic carbocycles. The van der Waals surface area contributed by atoms with E-state index in [1.54, 1.807) is 6.07 Å². The van der Waals surface area contributed by atoms with Crippen LogP contribution in [0.4, 0.5) is 10.1 Å². The minimum absolute atomic E-state index is 0.119. The van der Waals surface area contributed by atoms with Crippen molar-refractivity contribution in [2.24, 2.45) is 10.9 Å². The molecule has 0 fully saturated rings. The zero-order chi connectivity index (χ0) is 13.3. The van der Waals surface area contributed by atoms with Crippen molar-refractivity contribution in [3.05, 3.63) is 29.6 Å². The summed E-state index contributed by atoms with van der Waals surface area (Å²) < 4.78 is 13.1. The zero-order valence-electron chi connectivity index (χ0n) is 10.5. The second-order valence-electron chi connectivity index (χ2n) is 4.62. The number of amidine groups is 1. The summed E-state index contributed by atoms with van der Waals surface area (Å²) in [5.74, 6) is -0.191. The van der Waals surface area contributed by atoms with Crippen LogP contribution in [-0.4, -0.2) is 16.3 Å². The zero-order valence-corrected chi connectivity index (χ0v) is 11.3. The van der Waals surface area contributed by atoms with Crippen molar-refractivity contribution >= 4 is 28.5 Å². The maximum Gasteiger partial charge on any atom is 0.261 e. The molecular weight excluding hydrogens is 251 g/mol. The maximum absolute atomic E-state index is 13.1. The number of amides is 1. The lowest BCUT2D eigenvalue weighted by Gasteiger charge is -2.12. The molecule has 1 aliphatic heterocycles. The average Bonchev–Trinajstić information content (AvgIpc) is 2.65. The molecule has 2 rings (SSSR count). The summed E-state index contributed by atoms with van der Waals surface area (Å²) in [6.45, 7) is 5.85. The van der Waals surface area contributed by atoms with Gasteiger partial charge in [0, 0.05) is 5.69 Å². The van der Waals surface area contributed by atoms with Crippen molar-refractivity contribution in [3.63, 3.8) is 0 Å². The molecule has 0 aromatic heterocycles. The first kappa shape index (κ1) is 13.1. The van der Waals surface area contributed by atoms with Crippen molar-refractivity contribution < 1.29 is 9.18 Å². The Morgan fingerprint density at radius 3 is 2.78 bits per heavy atom. The predicted molar refractivity (Wildman–Crippen MR) is 73.4 cm³/mol. The lowest BCUT2D eigenvalue weighted by molar-refractivity contribution is -0.117. The van der Waals surface area contributed by atoms with E-state index in [0.717, 1.165) is 5.56 Å². The molecule has 0 saturated carbocycles. The van der Waals surface area contributed by atoms with Crippen LogP contribution in [0.15, 0.2) is 23.2 Å². The van der Waals surface area contributed by atoms with E-state index < -0.39 is 0 Å². The predicted octanol–water partition coefficient (Wildman–Crippen LogP) is 3.20. The molecule has 1 aromatic carbocycles. The van der Waals surface area contributed by atoms with Crippen molar-refractivity contribution in [2.45, 2.75) is 26.0 Å². The van der Waals surface area contributed by atoms with Crippen LogP contribution in [0, 0.1) is 18.7 Å². The second kappa shape index (κ2) is 5.10. The first-order valence-electron chi connectivity index (χ1n) is 5.79. The third-order valence-corrected chi connectivity index (χ3v) is 4.16. The van der Waals surface area contributed by atoms with E-state index in [2.05, 4.69) is 10.3 Å². The van der Waals surface area contributed by atoms with Crippen LogP contribution < -0.4 is 5.32 Å². The normalized spacial score (nSPS) is 19.3. The van der Waals surface area contributed by atoms with Crippen molar-refractivity contribution in [1.29, 1.82) is 0 Å². The van der Waals surface area contributed by atoms with E-state index in [1.165, 1.54) is 23.9 Å². The molecule has 1 aromatic rings. The van der Waals surface area contributed by atoms with Gasteiger partial charge < -0.3 is 5.32 Å². The number of aliphatic imine (C=N–C) groups is 1. The summed E-state index contributed by atoms with van der Waals surface area (Å²) in [6, 6.07) is 4.51. The summed E-state index contributed by atoms with van der Waals surface area (Å²) in [5.41, 5.74) is 1.57. The number of nitrogens with one attached hydrogen (secondary N) is 1. The first-order valence-corrected chi connectivity index (χ1v) is 6.67. The Labute approximate surface area is 110 Å². The molecule has 1 atom stereocenters. The van der Waals surface area contributed by atoms with E-state index >= 15 is 0 Å². The van der Waals surface area contributed by atoms with E-state index in [4.69, 9.17) is 0 Å². The number of thioether (sulfide) groups is 1. The largest absolute Gasteiger partial charge is 0.334 e. The van der Waals surface area contributed by atoms with Gasteiger partial charge in [-0.3, -0.25) is 4.79 Å². The fourth-order valence-electron chi connectivity index (χ4n) is 1.68. The van der Waals surface area contributed by atoms with E-state index in [1.807, 2.05) is 20.8 Å². The van der Waals surface area contributed by atoms with Crippen LogP contribution in [0.25, 0.3) is 0 Å². The Morgan fingerprint density at radius 1 is 1.44 bits per heavy atom. The van der Waals surface area contributed by atoms with Crippen LogP contribution in [0.1, 0.15) is 19.4 Å². The van der Waals surface area contributed by atoms with Crippen LogP contribution in [0.5, 0.6) is 0 Å². The number of hydrogen-bond donors (Lipinski definition) is 1. The van der Waals surface area contributed by atoms with Gasteiger partial charge in [0.2, 0.25) is 0 Å². The number of carbonyl (C=O) groups is 1. The lowest BCUT2D eigenvalue weighted by atomic mass is 10.1. The Balaban J connectivity index is 2.14. The van der Waals surface area contributed by atoms with Crippen LogP contribution in [0.3, 0.4) is 0 Å². The summed E-state index contributed by atoms with van der Waals surface area (Å²) in [5, 5.41) is 3.43. The highest BCUT2D eigenvalue weighted by atomic mass is 32.2. The van der Waals surface area contributed by atoms with Gasteiger partial charge >= 0.3 is 0 Å². The molecule has 0 spiro atoms. The van der Waals surface area contributed by atoms with E-state index in [9.17, 15) is 9.18 Å². The second-order valence-corrected chi connectivity index (χ2v) is 5.75. The van der Waals surface area contributed by atoms with Crippen molar-refractivity contribution in [3.8, 4) is 0 Å². The molecule has 18 heavy (non-hydrogen) atoms. The standard InChI is InChI=1S/C13H15FN2OS/c1-7(2)11-12(17)16-13(18-11)15-10-6-9(14)5-4-8(10)3/h4-7,11H,1-3H3,(H,15,16,17). The Morgan fingerprint density at radius 2 is 2.17 bits per heavy atom. The Hall–Kier alpha value is -1.36. The molecule has 96 valence electrons. The number of rotatable bonds is 2. The highest BCUT2D eigenvalue weighted by Crippen LogP contribution is 2.29. The van der Waals surface area contributed by atoms with Gasteiger partial charge in [0.1, 0.15) is 5.82 Å². The van der Waals surface area contributed by atoms with Crippen molar-refractivity contribution in [2.75, 3.05) is 5.32 Å². The summed E-state index contributed by atoms with van der Waals surface area (Å²) in [7, 11) is 0. The SMILES string of the molecule is Cc1ccc(F)cc1NC1=NC(=O)C(C(C)C)S1. The molecule has 0 saturated heterocycles. The monoisotopic (exact) mass is 266 g/mol. The fraction of sp³-hybridized carbons (Fsp3) is 0.385. The van der Waals surface area contributed by atoms with Crippen molar-refractivity contribution in [1.82, 2.24) is 0 Å². The van der Waals surface area contributed by atoms with Gasteiger partial charge in [-0.05, 0) is 30.5 Å². The highest BCUT2D eigenvalue weighted by Gasteiger charge is 2.31. The molecule has 1 unspecified atom stereocenters. The quantitative estimate of drug-likeness (QED) is 0.893. The topological polar surface area (TPSA) is 41.5 Å². The Bertz CT molecular complexity index is 514. The number of hydrogen-bond acceptors (Lipinski definition) is 3. The number of aryl methyl sites for hydroxylation is 1. The van der Waals surface area contributed by atoms with E-state index in [0.29, 0.717) is 10.9 Å². The van der Waals surface area contributed by atoms with Gasteiger partial charge in [0.25, 0.3) is 5.91 Å². The van der Waals surface area contributed by atoms with Gasteiger partial charge in [-0.1, -0.05) is 31.7 Å². The third kappa shape index (κ3) is 2.72. The number of carbonyl (C=O) groups excluding carboxylic acids is 1. The van der Waals surface area contributed by atoms with Gasteiger partial charge in [-0.25, -0.2) is 4.39 Å². The molecule has 3 nitrogen and oxygen atoms in total. The molecule has 1 amide bonds. The molecule has 5 heteroatoms. The maximum atomic E-state index is 13.1. The molecule has 1 heterocycles. The smallest absolute Gasteiger partial charge is 0.261 e. The number of anilines is 1. The Kier molecular flexibility index (Phi) is 3.71. The molecule has 1 aliphatic rings. The number of halogens is 1. The van der Waals surface area contributed by atoms with Gasteiger partial charge in [0.05, 0.1) is 5.25 Å². The van der Waals surface area contributed by atoms with Crippen LogP contribution in [0.2, 0.25) is 0 Å². The summed E-state index contributed by atoms with van der Waals surface area (Å²) in [6.07, 6.45) is 0. The molecule has 0 radical (unpaired) electrons. The third-order valence-electron chi connectivity index (χ3n) is 2.74. The summed E-state index contributed by atoms with van der Waals surface area (Å²) in [4.78, 5) is 15.6. The molecule has 0 bridgehead atoms. The van der Waals surface area contributed by atoms with Gasteiger partial charge in [-0.15, -0.1) is 0 Å². The number of benzene rings is 1. The lowest BCUT2D eigenvalue weighted by Crippen LogP contribution is -2.17. The number of nitrogens with zero attached hydrogens (tertiary/aromatic N) is 1. The first-order chi connectivity index (χ1) is 8.47. The fourth-order valence-corrected chi connectivity index (χ4v) is 2.66. The van der Waals surface area contributed by atoms with E-state index in [-0.39, 0.29) is 22.9 Å².